The van der Waals surface area contributed by atoms with Crippen molar-refractivity contribution in [2.75, 3.05) is 32.8 Å². The van der Waals surface area contributed by atoms with E-state index in [-0.39, 0.29) is 18.2 Å². The highest BCUT2D eigenvalue weighted by molar-refractivity contribution is 5.73. The summed E-state index contributed by atoms with van der Waals surface area (Å²) >= 11 is 0. The Morgan fingerprint density at radius 3 is 2.65 bits per heavy atom. The van der Waals surface area contributed by atoms with Crippen LogP contribution in [-0.4, -0.2) is 49.8 Å². The third-order valence-electron chi connectivity index (χ3n) is 4.74. The fourth-order valence-electron chi connectivity index (χ4n) is 3.45. The van der Waals surface area contributed by atoms with Gasteiger partial charge in [0, 0.05) is 19.7 Å². The second kappa shape index (κ2) is 8.31. The summed E-state index contributed by atoms with van der Waals surface area (Å²) in [5, 5.41) is 5.96. The van der Waals surface area contributed by atoms with Crippen LogP contribution in [-0.2, 0) is 4.74 Å². The molecule has 2 N–H and O–H groups in total. The fraction of sp³-hybridized carbons (Fsp3) is 0.611. The van der Waals surface area contributed by atoms with E-state index in [2.05, 4.69) is 39.8 Å². The van der Waals surface area contributed by atoms with E-state index in [1.54, 1.807) is 0 Å². The quantitative estimate of drug-likeness (QED) is 0.846. The number of benzene rings is 1. The molecule has 5 nitrogen and oxygen atoms in total. The summed E-state index contributed by atoms with van der Waals surface area (Å²) < 4.78 is 5.53. The number of amides is 2. The van der Waals surface area contributed by atoms with Gasteiger partial charge < -0.3 is 15.4 Å². The normalized spacial score (nSPS) is 22.9. The number of rotatable bonds is 6. The van der Waals surface area contributed by atoms with Gasteiger partial charge in [0.15, 0.2) is 0 Å². The molecule has 2 aliphatic rings. The van der Waals surface area contributed by atoms with Crippen molar-refractivity contribution in [3.05, 3.63) is 35.9 Å². The zero-order valence-electron chi connectivity index (χ0n) is 13.7. The first-order chi connectivity index (χ1) is 11.3. The molecule has 1 aromatic rings. The van der Waals surface area contributed by atoms with Crippen molar-refractivity contribution in [2.45, 2.75) is 37.8 Å². The smallest absolute Gasteiger partial charge is 0.314 e. The van der Waals surface area contributed by atoms with Gasteiger partial charge in [-0.1, -0.05) is 30.3 Å². The van der Waals surface area contributed by atoms with Gasteiger partial charge in [0.1, 0.15) is 0 Å². The third-order valence-corrected chi connectivity index (χ3v) is 4.74. The molecular formula is C18H27N3O2. The topological polar surface area (TPSA) is 53.6 Å². The molecule has 126 valence electrons. The molecule has 2 atom stereocenters. The second-order valence-electron chi connectivity index (χ2n) is 6.40. The van der Waals surface area contributed by atoms with Crippen molar-refractivity contribution in [1.82, 2.24) is 15.5 Å². The molecule has 2 amide bonds. The van der Waals surface area contributed by atoms with Crippen molar-refractivity contribution in [1.29, 1.82) is 0 Å². The van der Waals surface area contributed by atoms with E-state index >= 15 is 0 Å². The van der Waals surface area contributed by atoms with Crippen molar-refractivity contribution in [2.24, 2.45) is 0 Å². The summed E-state index contributed by atoms with van der Waals surface area (Å²) in [4.78, 5) is 14.5. The summed E-state index contributed by atoms with van der Waals surface area (Å²) in [5.74, 6) is 0. The van der Waals surface area contributed by atoms with Crippen LogP contribution in [0.25, 0.3) is 0 Å². The Hall–Kier alpha value is -1.59. The van der Waals surface area contributed by atoms with Crippen LogP contribution in [0.1, 0.15) is 37.3 Å². The van der Waals surface area contributed by atoms with Gasteiger partial charge in [-0.15, -0.1) is 0 Å². The van der Waals surface area contributed by atoms with Crippen LogP contribution in [0, 0.1) is 0 Å². The first-order valence-electron chi connectivity index (χ1n) is 8.75. The molecule has 0 radical (unpaired) electrons. The number of urea groups is 1. The lowest BCUT2D eigenvalue weighted by molar-refractivity contribution is 0.111. The molecule has 0 spiro atoms. The van der Waals surface area contributed by atoms with Gasteiger partial charge in [0.05, 0.1) is 12.1 Å². The zero-order chi connectivity index (χ0) is 15.9. The molecule has 23 heavy (non-hydrogen) atoms. The van der Waals surface area contributed by atoms with Crippen molar-refractivity contribution in [3.63, 3.8) is 0 Å². The Bertz CT molecular complexity index is 482. The Kier molecular flexibility index (Phi) is 5.88. The minimum Gasteiger partial charge on any atom is -0.376 e. The number of hydrogen-bond donors (Lipinski definition) is 2. The number of carbonyl (C=O) groups is 1. The molecular weight excluding hydrogens is 290 g/mol. The van der Waals surface area contributed by atoms with Gasteiger partial charge in [0.25, 0.3) is 0 Å². The van der Waals surface area contributed by atoms with Gasteiger partial charge in [-0.05, 0) is 44.3 Å². The predicted molar refractivity (Wildman–Crippen MR) is 90.4 cm³/mol. The minimum atomic E-state index is -0.0966. The SMILES string of the molecule is O=C(NCC1CCCO1)NCC(c1ccccc1)N1CCCC1. The molecule has 2 fully saturated rings. The van der Waals surface area contributed by atoms with Gasteiger partial charge in [-0.2, -0.15) is 0 Å². The molecule has 0 aliphatic carbocycles. The van der Waals surface area contributed by atoms with E-state index in [1.165, 1.54) is 18.4 Å². The highest BCUT2D eigenvalue weighted by Gasteiger charge is 2.24. The van der Waals surface area contributed by atoms with Crippen LogP contribution in [0.3, 0.4) is 0 Å². The standard InChI is InChI=1S/C18H27N3O2/c22-18(19-13-16-9-6-12-23-16)20-14-17(21-10-4-5-11-21)15-7-2-1-3-8-15/h1-3,7-8,16-17H,4-6,9-14H2,(H2,19,20,22). The van der Waals surface area contributed by atoms with Crippen LogP contribution in [0.15, 0.2) is 30.3 Å². The van der Waals surface area contributed by atoms with Gasteiger partial charge in [0.2, 0.25) is 0 Å². The maximum absolute atomic E-state index is 12.1. The largest absolute Gasteiger partial charge is 0.376 e. The second-order valence-corrected chi connectivity index (χ2v) is 6.40. The van der Waals surface area contributed by atoms with E-state index < -0.39 is 0 Å². The highest BCUT2D eigenvalue weighted by atomic mass is 16.5. The van der Waals surface area contributed by atoms with E-state index in [0.29, 0.717) is 13.1 Å². The van der Waals surface area contributed by atoms with Crippen LogP contribution < -0.4 is 10.6 Å². The third kappa shape index (κ3) is 4.69. The van der Waals surface area contributed by atoms with Crippen LogP contribution in [0.4, 0.5) is 4.79 Å². The molecule has 2 heterocycles. The van der Waals surface area contributed by atoms with E-state index in [1.807, 2.05) is 6.07 Å². The monoisotopic (exact) mass is 317 g/mol. The minimum absolute atomic E-state index is 0.0966. The number of carbonyl (C=O) groups excluding carboxylic acids is 1. The molecule has 2 saturated heterocycles. The Morgan fingerprint density at radius 1 is 1.17 bits per heavy atom. The zero-order valence-corrected chi connectivity index (χ0v) is 13.7. The van der Waals surface area contributed by atoms with Crippen molar-refractivity contribution in [3.8, 4) is 0 Å². The molecule has 3 rings (SSSR count). The lowest BCUT2D eigenvalue weighted by Crippen LogP contribution is -2.43. The van der Waals surface area contributed by atoms with Crippen molar-refractivity contribution < 1.29 is 9.53 Å². The van der Waals surface area contributed by atoms with Gasteiger partial charge >= 0.3 is 6.03 Å². The molecule has 1 aromatic carbocycles. The summed E-state index contributed by atoms with van der Waals surface area (Å²) in [5.41, 5.74) is 1.27. The number of hydrogen-bond acceptors (Lipinski definition) is 3. The van der Waals surface area contributed by atoms with Crippen LogP contribution >= 0.6 is 0 Å². The van der Waals surface area contributed by atoms with Gasteiger partial charge in [-0.3, -0.25) is 4.90 Å². The fourth-order valence-corrected chi connectivity index (χ4v) is 3.45. The number of nitrogens with zero attached hydrogens (tertiary/aromatic N) is 1. The molecule has 0 saturated carbocycles. The molecule has 0 bridgehead atoms. The summed E-state index contributed by atoms with van der Waals surface area (Å²) in [6.45, 7) is 4.28. The lowest BCUT2D eigenvalue weighted by atomic mass is 10.1. The van der Waals surface area contributed by atoms with Crippen LogP contribution in [0.5, 0.6) is 0 Å². The first-order valence-corrected chi connectivity index (χ1v) is 8.75. The predicted octanol–water partition coefficient (Wildman–Crippen LogP) is 2.30. The molecule has 2 aliphatic heterocycles. The average Bonchev–Trinajstić information content (AvgIpc) is 3.28. The molecule has 2 unspecified atom stereocenters. The number of nitrogens with one attached hydrogen (secondary N) is 2. The number of ether oxygens (including phenoxy) is 1. The lowest BCUT2D eigenvalue weighted by Gasteiger charge is -2.28. The maximum Gasteiger partial charge on any atom is 0.314 e. The van der Waals surface area contributed by atoms with Crippen LogP contribution in [0.2, 0.25) is 0 Å². The Morgan fingerprint density at radius 2 is 1.96 bits per heavy atom. The molecule has 0 aromatic heterocycles. The average molecular weight is 317 g/mol. The maximum atomic E-state index is 12.1. The first kappa shape index (κ1) is 16.3. The Balaban J connectivity index is 1.50. The summed E-state index contributed by atoms with van der Waals surface area (Å²) in [7, 11) is 0. The summed E-state index contributed by atoms with van der Waals surface area (Å²) in [6, 6.07) is 10.6. The van der Waals surface area contributed by atoms with E-state index in [4.69, 9.17) is 4.74 Å². The molecule has 5 heteroatoms. The van der Waals surface area contributed by atoms with E-state index in [0.717, 1.165) is 32.5 Å². The van der Waals surface area contributed by atoms with E-state index in [9.17, 15) is 4.79 Å². The van der Waals surface area contributed by atoms with Gasteiger partial charge in [-0.25, -0.2) is 4.79 Å². The highest BCUT2D eigenvalue weighted by Crippen LogP contribution is 2.24. The van der Waals surface area contributed by atoms with Crippen molar-refractivity contribution >= 4 is 6.03 Å². The number of likely N-dealkylation sites (tertiary alicyclic amines) is 1. The Labute approximate surface area is 138 Å². The summed E-state index contributed by atoms with van der Waals surface area (Å²) in [6.07, 6.45) is 4.81.